The van der Waals surface area contributed by atoms with Crippen LogP contribution in [0.2, 0.25) is 0 Å². The van der Waals surface area contributed by atoms with Crippen LogP contribution >= 0.6 is 22.7 Å². The fourth-order valence-electron chi connectivity index (χ4n) is 3.86. The minimum atomic E-state index is -0.762. The molecule has 1 atom stereocenters. The lowest BCUT2D eigenvalue weighted by Gasteiger charge is -2.32. The van der Waals surface area contributed by atoms with Crippen molar-refractivity contribution in [2.75, 3.05) is 26.3 Å². The summed E-state index contributed by atoms with van der Waals surface area (Å²) in [6.07, 6.45) is 0. The summed E-state index contributed by atoms with van der Waals surface area (Å²) in [6, 6.07) is 10.5. The number of hydrogen-bond acceptors (Lipinski definition) is 7. The Balaban J connectivity index is 1.63. The molecule has 1 aliphatic rings. The molecule has 9 heteroatoms. The van der Waals surface area contributed by atoms with E-state index in [9.17, 15) is 9.59 Å². The predicted octanol–water partition coefficient (Wildman–Crippen LogP) is 4.53. The Bertz CT molecular complexity index is 1060. The maximum absolute atomic E-state index is 13.8. The molecular weight excluding hydrogens is 470 g/mol. The van der Waals surface area contributed by atoms with Crippen LogP contribution in [-0.4, -0.2) is 53.5 Å². The molecule has 0 aromatic carbocycles. The van der Waals surface area contributed by atoms with Gasteiger partial charge in [0.15, 0.2) is 5.76 Å². The third-order valence-corrected chi connectivity index (χ3v) is 7.18. The van der Waals surface area contributed by atoms with Crippen molar-refractivity contribution in [3.8, 4) is 0 Å². The number of morpholine rings is 1. The van der Waals surface area contributed by atoms with Gasteiger partial charge in [0, 0.05) is 28.4 Å². The summed E-state index contributed by atoms with van der Waals surface area (Å²) in [6.45, 7) is 9.82. The summed E-state index contributed by atoms with van der Waals surface area (Å²) in [7, 11) is 0. The topological polar surface area (TPSA) is 75.0 Å². The van der Waals surface area contributed by atoms with Gasteiger partial charge in [-0.1, -0.05) is 12.1 Å². The third-order valence-electron chi connectivity index (χ3n) is 5.39. The first-order valence-electron chi connectivity index (χ1n) is 11.4. The second-order valence-corrected chi connectivity index (χ2v) is 11.3. The van der Waals surface area contributed by atoms with Gasteiger partial charge in [-0.15, -0.1) is 22.7 Å². The van der Waals surface area contributed by atoms with Gasteiger partial charge in [-0.2, -0.15) is 0 Å². The van der Waals surface area contributed by atoms with Gasteiger partial charge < -0.3 is 19.4 Å². The van der Waals surface area contributed by atoms with Crippen molar-refractivity contribution in [1.82, 2.24) is 15.1 Å². The van der Waals surface area contributed by atoms with E-state index in [1.165, 1.54) is 11.3 Å². The Morgan fingerprint density at radius 2 is 1.82 bits per heavy atom. The van der Waals surface area contributed by atoms with Gasteiger partial charge in [-0.3, -0.25) is 14.5 Å². The molecule has 1 N–H and O–H groups in total. The van der Waals surface area contributed by atoms with E-state index in [2.05, 4.69) is 10.2 Å². The summed E-state index contributed by atoms with van der Waals surface area (Å²) in [5.41, 5.74) is -0.430. The lowest BCUT2D eigenvalue weighted by Crippen LogP contribution is -2.48. The Kier molecular flexibility index (Phi) is 7.88. The number of rotatable bonds is 8. The number of nitrogens with one attached hydrogen (secondary N) is 1. The fraction of sp³-hybridized carbons (Fsp3) is 0.440. The lowest BCUT2D eigenvalue weighted by molar-refractivity contribution is -0.127. The zero-order chi connectivity index (χ0) is 24.1. The van der Waals surface area contributed by atoms with Crippen LogP contribution < -0.4 is 5.32 Å². The van der Waals surface area contributed by atoms with Crippen LogP contribution in [0.5, 0.6) is 0 Å². The molecule has 4 rings (SSSR count). The largest absolute Gasteiger partial charge is 0.455 e. The first-order valence-corrected chi connectivity index (χ1v) is 13.1. The fourth-order valence-corrected chi connectivity index (χ4v) is 5.40. The Hall–Kier alpha value is -2.46. The number of furan rings is 1. The highest BCUT2D eigenvalue weighted by atomic mass is 32.1. The molecule has 2 amide bonds. The smallest absolute Gasteiger partial charge is 0.290 e. The zero-order valence-corrected chi connectivity index (χ0v) is 21.4. The van der Waals surface area contributed by atoms with Gasteiger partial charge in [-0.25, -0.2) is 0 Å². The van der Waals surface area contributed by atoms with Crippen LogP contribution in [0.1, 0.15) is 52.9 Å². The molecule has 1 aliphatic heterocycles. The molecule has 7 nitrogen and oxygen atoms in total. The minimum Gasteiger partial charge on any atom is -0.455 e. The number of amides is 2. The molecule has 0 unspecified atom stereocenters. The Morgan fingerprint density at radius 1 is 1.09 bits per heavy atom. The average molecular weight is 502 g/mol. The second kappa shape index (κ2) is 10.9. The van der Waals surface area contributed by atoms with Crippen molar-refractivity contribution in [3.63, 3.8) is 0 Å². The van der Waals surface area contributed by atoms with Gasteiger partial charge in [0.25, 0.3) is 5.91 Å². The summed E-state index contributed by atoms with van der Waals surface area (Å²) in [5, 5.41) is 6.96. The molecule has 0 aliphatic carbocycles. The summed E-state index contributed by atoms with van der Waals surface area (Å²) in [4.78, 5) is 33.0. The summed E-state index contributed by atoms with van der Waals surface area (Å²) < 4.78 is 11.4. The van der Waals surface area contributed by atoms with Crippen LogP contribution in [0.15, 0.2) is 51.6 Å². The number of ether oxygens (including phenoxy) is 1. The molecule has 3 aromatic heterocycles. The van der Waals surface area contributed by atoms with E-state index in [4.69, 9.17) is 9.15 Å². The maximum Gasteiger partial charge on any atom is 0.290 e. The summed E-state index contributed by atoms with van der Waals surface area (Å²) >= 11 is 3.03. The van der Waals surface area contributed by atoms with Crippen molar-refractivity contribution in [1.29, 1.82) is 0 Å². The van der Waals surface area contributed by atoms with E-state index in [1.54, 1.807) is 22.3 Å². The first-order chi connectivity index (χ1) is 16.3. The van der Waals surface area contributed by atoms with E-state index in [-0.39, 0.29) is 17.6 Å². The van der Waals surface area contributed by atoms with Crippen molar-refractivity contribution in [2.45, 2.75) is 45.4 Å². The molecule has 0 spiro atoms. The number of hydrogen-bond donors (Lipinski definition) is 1. The maximum atomic E-state index is 13.8. The number of thiophene rings is 2. The van der Waals surface area contributed by atoms with Gasteiger partial charge in [0.2, 0.25) is 5.91 Å². The molecule has 0 saturated carbocycles. The average Bonchev–Trinajstić information content (AvgIpc) is 3.56. The number of carbonyl (C=O) groups is 2. The quantitative estimate of drug-likeness (QED) is 0.491. The molecule has 34 heavy (non-hydrogen) atoms. The van der Waals surface area contributed by atoms with E-state index >= 15 is 0 Å². The van der Waals surface area contributed by atoms with Crippen molar-refractivity contribution in [2.24, 2.45) is 0 Å². The molecular formula is C25H31N3O4S2. The van der Waals surface area contributed by atoms with Crippen LogP contribution in [0.4, 0.5) is 0 Å². The van der Waals surface area contributed by atoms with E-state index in [0.717, 1.165) is 28.6 Å². The van der Waals surface area contributed by atoms with Crippen molar-refractivity contribution >= 4 is 34.5 Å². The molecule has 0 bridgehead atoms. The highest BCUT2D eigenvalue weighted by Gasteiger charge is 2.36. The standard InChI is InChI=1S/C25H31N3O4S2/c1-25(2,3)26-23(29)22(21-7-5-15-34-21)28(17-19-6-4-14-33-19)24(30)20-9-8-18(32-20)16-27-10-12-31-13-11-27/h4-9,14-15,22H,10-13,16-17H2,1-3H3,(H,26,29)/t22-/m1/s1. The molecule has 3 aromatic rings. The van der Waals surface area contributed by atoms with Gasteiger partial charge in [0.1, 0.15) is 11.8 Å². The normalized spacial score (nSPS) is 15.7. The van der Waals surface area contributed by atoms with Crippen LogP contribution in [0.3, 0.4) is 0 Å². The zero-order valence-electron chi connectivity index (χ0n) is 19.8. The highest BCUT2D eigenvalue weighted by molar-refractivity contribution is 7.10. The predicted molar refractivity (Wildman–Crippen MR) is 134 cm³/mol. The van der Waals surface area contributed by atoms with E-state index in [0.29, 0.717) is 26.3 Å². The number of nitrogens with zero attached hydrogens (tertiary/aromatic N) is 2. The van der Waals surface area contributed by atoms with Crippen LogP contribution in [-0.2, 0) is 22.6 Å². The molecule has 1 fully saturated rings. The van der Waals surface area contributed by atoms with Crippen LogP contribution in [0.25, 0.3) is 0 Å². The van der Waals surface area contributed by atoms with Gasteiger partial charge >= 0.3 is 0 Å². The highest BCUT2D eigenvalue weighted by Crippen LogP contribution is 2.31. The Morgan fingerprint density at radius 3 is 2.47 bits per heavy atom. The lowest BCUT2D eigenvalue weighted by atomic mass is 10.1. The molecule has 4 heterocycles. The summed E-state index contributed by atoms with van der Waals surface area (Å²) in [5.74, 6) is 0.460. The monoisotopic (exact) mass is 501 g/mol. The Labute approximate surface area is 208 Å². The van der Waals surface area contributed by atoms with Gasteiger partial charge in [0.05, 0.1) is 26.3 Å². The molecule has 0 radical (unpaired) electrons. The van der Waals surface area contributed by atoms with Crippen LogP contribution in [0, 0.1) is 0 Å². The minimum absolute atomic E-state index is 0.208. The third kappa shape index (κ3) is 6.35. The second-order valence-electron chi connectivity index (χ2n) is 9.32. The van der Waals surface area contributed by atoms with E-state index in [1.807, 2.05) is 61.9 Å². The SMILES string of the molecule is CC(C)(C)NC(=O)[C@@H](c1cccs1)N(Cc1cccs1)C(=O)c1ccc(CN2CCOCC2)o1. The van der Waals surface area contributed by atoms with Crippen molar-refractivity contribution < 1.29 is 18.7 Å². The first kappa shape index (κ1) is 24.7. The van der Waals surface area contributed by atoms with Crippen molar-refractivity contribution in [3.05, 3.63) is 68.4 Å². The van der Waals surface area contributed by atoms with Gasteiger partial charge in [-0.05, 0) is 55.8 Å². The molecule has 1 saturated heterocycles. The van der Waals surface area contributed by atoms with E-state index < -0.39 is 11.6 Å². The number of carbonyl (C=O) groups excluding carboxylic acids is 2. The molecule has 182 valence electrons.